The summed E-state index contributed by atoms with van der Waals surface area (Å²) in [5.74, 6) is -0.00994. The summed E-state index contributed by atoms with van der Waals surface area (Å²) in [7, 11) is 0. The van der Waals surface area contributed by atoms with Crippen LogP contribution < -0.4 is 5.32 Å². The molecule has 2 rings (SSSR count). The molecule has 0 heterocycles. The van der Waals surface area contributed by atoms with Crippen LogP contribution in [0.25, 0.3) is 0 Å². The van der Waals surface area contributed by atoms with Gasteiger partial charge in [-0.2, -0.15) is 0 Å². The van der Waals surface area contributed by atoms with E-state index in [-0.39, 0.29) is 11.7 Å². The summed E-state index contributed by atoms with van der Waals surface area (Å²) in [6.45, 7) is 6.49. The summed E-state index contributed by atoms with van der Waals surface area (Å²) < 4.78 is 13.0. The zero-order valence-electron chi connectivity index (χ0n) is 12.6. The predicted octanol–water partition coefficient (Wildman–Crippen LogP) is 4.19. The minimum atomic E-state index is -0.326. The molecule has 0 atom stereocenters. The van der Waals surface area contributed by atoms with Crippen LogP contribution in [0.15, 0.2) is 42.5 Å². The summed E-state index contributed by atoms with van der Waals surface area (Å²) in [6, 6.07) is 12.4. The van der Waals surface area contributed by atoms with Gasteiger partial charge in [0, 0.05) is 12.1 Å². The van der Waals surface area contributed by atoms with E-state index in [9.17, 15) is 9.18 Å². The van der Waals surface area contributed by atoms with Gasteiger partial charge in [0.05, 0.1) is 0 Å². The van der Waals surface area contributed by atoms with Gasteiger partial charge < -0.3 is 5.32 Å². The summed E-state index contributed by atoms with van der Waals surface area (Å²) in [4.78, 5) is 12.1. The standard InChI is InChI=1S/C18H20FNO/c1-12(2)15-6-4-14(5-7-15)11-20-18(21)17-9-8-16(19)10-13(17)3/h4-10,12H,11H2,1-3H3,(H,20,21). The molecule has 21 heavy (non-hydrogen) atoms. The fourth-order valence-corrected chi connectivity index (χ4v) is 2.18. The molecule has 0 aromatic heterocycles. The van der Waals surface area contributed by atoms with Gasteiger partial charge in [-0.1, -0.05) is 38.1 Å². The average molecular weight is 285 g/mol. The van der Waals surface area contributed by atoms with Crippen molar-refractivity contribution in [2.75, 3.05) is 0 Å². The second-order valence-corrected chi connectivity index (χ2v) is 5.54. The largest absolute Gasteiger partial charge is 0.348 e. The highest BCUT2D eigenvalue weighted by atomic mass is 19.1. The summed E-state index contributed by atoms with van der Waals surface area (Å²) in [5, 5.41) is 2.86. The molecular weight excluding hydrogens is 265 g/mol. The topological polar surface area (TPSA) is 29.1 Å². The van der Waals surface area contributed by atoms with Gasteiger partial charge in [-0.15, -0.1) is 0 Å². The smallest absolute Gasteiger partial charge is 0.251 e. The third-order valence-corrected chi connectivity index (χ3v) is 3.53. The third kappa shape index (κ3) is 3.91. The number of carbonyl (C=O) groups excluding carboxylic acids is 1. The Morgan fingerprint density at radius 1 is 1.14 bits per heavy atom. The minimum Gasteiger partial charge on any atom is -0.348 e. The summed E-state index contributed by atoms with van der Waals surface area (Å²) in [5.41, 5.74) is 3.48. The maximum atomic E-state index is 13.0. The second kappa shape index (κ2) is 6.53. The first kappa shape index (κ1) is 15.2. The minimum absolute atomic E-state index is 0.180. The Balaban J connectivity index is 2.00. The van der Waals surface area contributed by atoms with Crippen molar-refractivity contribution in [3.8, 4) is 0 Å². The van der Waals surface area contributed by atoms with Crippen LogP contribution in [0.5, 0.6) is 0 Å². The molecule has 110 valence electrons. The van der Waals surface area contributed by atoms with Gasteiger partial charge >= 0.3 is 0 Å². The molecule has 1 amide bonds. The molecular formula is C18H20FNO. The van der Waals surface area contributed by atoms with Crippen molar-refractivity contribution in [1.82, 2.24) is 5.32 Å². The van der Waals surface area contributed by atoms with E-state index in [0.717, 1.165) is 5.56 Å². The average Bonchev–Trinajstić information content (AvgIpc) is 2.45. The second-order valence-electron chi connectivity index (χ2n) is 5.54. The van der Waals surface area contributed by atoms with E-state index in [2.05, 4.69) is 31.3 Å². The molecule has 0 unspecified atom stereocenters. The Hall–Kier alpha value is -2.16. The van der Waals surface area contributed by atoms with Crippen LogP contribution in [-0.2, 0) is 6.54 Å². The number of amides is 1. The number of benzene rings is 2. The number of hydrogen-bond donors (Lipinski definition) is 1. The molecule has 3 heteroatoms. The van der Waals surface area contributed by atoms with Crippen LogP contribution in [0, 0.1) is 12.7 Å². The fraction of sp³-hybridized carbons (Fsp3) is 0.278. The Morgan fingerprint density at radius 2 is 1.81 bits per heavy atom. The summed E-state index contributed by atoms with van der Waals surface area (Å²) in [6.07, 6.45) is 0. The molecule has 0 bridgehead atoms. The molecule has 0 saturated carbocycles. The lowest BCUT2D eigenvalue weighted by Crippen LogP contribution is -2.23. The Labute approximate surface area is 125 Å². The van der Waals surface area contributed by atoms with Crippen molar-refractivity contribution < 1.29 is 9.18 Å². The highest BCUT2D eigenvalue weighted by Crippen LogP contribution is 2.15. The monoisotopic (exact) mass is 285 g/mol. The van der Waals surface area contributed by atoms with Gasteiger partial charge in [0.2, 0.25) is 0 Å². The first-order valence-electron chi connectivity index (χ1n) is 7.10. The lowest BCUT2D eigenvalue weighted by Gasteiger charge is -2.09. The molecule has 0 aliphatic heterocycles. The van der Waals surface area contributed by atoms with E-state index < -0.39 is 0 Å². The van der Waals surface area contributed by atoms with Crippen molar-refractivity contribution in [2.24, 2.45) is 0 Å². The van der Waals surface area contributed by atoms with Crippen molar-refractivity contribution >= 4 is 5.91 Å². The lowest BCUT2D eigenvalue weighted by atomic mass is 10.0. The third-order valence-electron chi connectivity index (χ3n) is 3.53. The van der Waals surface area contributed by atoms with Gasteiger partial charge in [0.15, 0.2) is 0 Å². The van der Waals surface area contributed by atoms with E-state index in [1.807, 2.05) is 12.1 Å². The molecule has 0 radical (unpaired) electrons. The van der Waals surface area contributed by atoms with E-state index >= 15 is 0 Å². The van der Waals surface area contributed by atoms with E-state index in [4.69, 9.17) is 0 Å². The highest BCUT2D eigenvalue weighted by molar-refractivity contribution is 5.95. The molecule has 0 aliphatic rings. The van der Waals surface area contributed by atoms with E-state index in [1.165, 1.54) is 23.8 Å². The predicted molar refractivity (Wildman–Crippen MR) is 82.8 cm³/mol. The van der Waals surface area contributed by atoms with Gasteiger partial charge in [0.1, 0.15) is 5.82 Å². The van der Waals surface area contributed by atoms with Crippen LogP contribution in [0.4, 0.5) is 4.39 Å². The Bertz CT molecular complexity index is 632. The summed E-state index contributed by atoms with van der Waals surface area (Å²) >= 11 is 0. The molecule has 1 N–H and O–H groups in total. The number of halogens is 1. The Morgan fingerprint density at radius 3 is 2.38 bits per heavy atom. The maximum Gasteiger partial charge on any atom is 0.251 e. The van der Waals surface area contributed by atoms with Crippen molar-refractivity contribution in [3.63, 3.8) is 0 Å². The normalized spacial score (nSPS) is 10.7. The molecule has 0 aliphatic carbocycles. The zero-order valence-corrected chi connectivity index (χ0v) is 12.6. The van der Waals surface area contributed by atoms with E-state index in [1.54, 1.807) is 6.92 Å². The number of carbonyl (C=O) groups is 1. The Kier molecular flexibility index (Phi) is 4.73. The first-order valence-corrected chi connectivity index (χ1v) is 7.10. The quantitative estimate of drug-likeness (QED) is 0.896. The van der Waals surface area contributed by atoms with Crippen LogP contribution in [-0.4, -0.2) is 5.91 Å². The van der Waals surface area contributed by atoms with Crippen molar-refractivity contribution in [2.45, 2.75) is 33.2 Å². The fourth-order valence-electron chi connectivity index (χ4n) is 2.18. The van der Waals surface area contributed by atoms with Gasteiger partial charge in [-0.3, -0.25) is 4.79 Å². The van der Waals surface area contributed by atoms with Crippen molar-refractivity contribution in [1.29, 1.82) is 0 Å². The first-order chi connectivity index (χ1) is 9.97. The van der Waals surface area contributed by atoms with Crippen LogP contribution in [0.2, 0.25) is 0 Å². The number of nitrogens with one attached hydrogen (secondary N) is 1. The maximum absolute atomic E-state index is 13.0. The SMILES string of the molecule is Cc1cc(F)ccc1C(=O)NCc1ccc(C(C)C)cc1. The molecule has 2 aromatic carbocycles. The number of rotatable bonds is 4. The van der Waals surface area contributed by atoms with Crippen molar-refractivity contribution in [3.05, 3.63) is 70.5 Å². The van der Waals surface area contributed by atoms with E-state index in [0.29, 0.717) is 23.6 Å². The lowest BCUT2D eigenvalue weighted by molar-refractivity contribution is 0.0950. The zero-order chi connectivity index (χ0) is 15.4. The number of hydrogen-bond acceptors (Lipinski definition) is 1. The molecule has 2 aromatic rings. The highest BCUT2D eigenvalue weighted by Gasteiger charge is 2.09. The van der Waals surface area contributed by atoms with Crippen LogP contribution in [0.1, 0.15) is 46.8 Å². The van der Waals surface area contributed by atoms with Crippen LogP contribution in [0.3, 0.4) is 0 Å². The molecule has 0 fully saturated rings. The molecule has 2 nitrogen and oxygen atoms in total. The van der Waals surface area contributed by atoms with Gasteiger partial charge in [0.25, 0.3) is 5.91 Å². The molecule has 0 saturated heterocycles. The van der Waals surface area contributed by atoms with Gasteiger partial charge in [-0.25, -0.2) is 4.39 Å². The number of aryl methyl sites for hydroxylation is 1. The molecule has 0 spiro atoms. The van der Waals surface area contributed by atoms with Crippen LogP contribution >= 0.6 is 0 Å². The van der Waals surface area contributed by atoms with Gasteiger partial charge in [-0.05, 0) is 47.7 Å².